The SMILES string of the molecule is CC(C)[C@H]1CCN(C(=O)[C@@H](NC(=O)OC(C)(C)C)C2Cc3ccccc3C2)[C@@H]1C(=O)NC(CC(F)(F)F)C(=O)C(N)=O. The molecule has 4 N–H and O–H groups in total. The summed E-state index contributed by atoms with van der Waals surface area (Å²) in [6.45, 7) is 8.74. The first kappa shape index (κ1) is 32.9. The average Bonchev–Trinajstić information content (AvgIpc) is 3.49. The molecule has 3 rings (SSSR count). The minimum absolute atomic E-state index is 0.0969. The van der Waals surface area contributed by atoms with Crippen LogP contribution in [0.5, 0.6) is 0 Å². The molecule has 1 heterocycles. The summed E-state index contributed by atoms with van der Waals surface area (Å²) >= 11 is 0. The van der Waals surface area contributed by atoms with Crippen molar-refractivity contribution in [1.82, 2.24) is 15.5 Å². The summed E-state index contributed by atoms with van der Waals surface area (Å²) in [4.78, 5) is 65.5. The summed E-state index contributed by atoms with van der Waals surface area (Å²) in [7, 11) is 0. The van der Waals surface area contributed by atoms with Gasteiger partial charge in [0.1, 0.15) is 23.7 Å². The van der Waals surface area contributed by atoms with Gasteiger partial charge in [0.25, 0.3) is 5.91 Å². The van der Waals surface area contributed by atoms with Crippen molar-refractivity contribution in [3.8, 4) is 0 Å². The number of alkyl halides is 3. The number of nitrogens with one attached hydrogen (secondary N) is 2. The van der Waals surface area contributed by atoms with Crippen LogP contribution in [0.2, 0.25) is 0 Å². The Hall–Kier alpha value is -3.64. The van der Waals surface area contributed by atoms with E-state index in [1.165, 1.54) is 4.90 Å². The number of rotatable bonds is 9. The quantitative estimate of drug-likeness (QED) is 0.374. The molecule has 1 saturated heterocycles. The van der Waals surface area contributed by atoms with Crippen molar-refractivity contribution in [2.24, 2.45) is 23.5 Å². The predicted molar refractivity (Wildman–Crippen MR) is 146 cm³/mol. The molecule has 13 heteroatoms. The third-order valence-corrected chi connectivity index (χ3v) is 7.66. The van der Waals surface area contributed by atoms with Crippen LogP contribution in [0.15, 0.2) is 24.3 Å². The number of ketones is 1. The fourth-order valence-corrected chi connectivity index (χ4v) is 5.79. The van der Waals surface area contributed by atoms with Gasteiger partial charge < -0.3 is 26.0 Å². The van der Waals surface area contributed by atoms with E-state index in [1.807, 2.05) is 43.4 Å². The number of ether oxygens (including phenoxy) is 1. The second-order valence-corrected chi connectivity index (χ2v) is 12.3. The smallest absolute Gasteiger partial charge is 0.408 e. The van der Waals surface area contributed by atoms with E-state index >= 15 is 0 Å². The predicted octanol–water partition coefficient (Wildman–Crippen LogP) is 2.66. The molecule has 4 atom stereocenters. The third kappa shape index (κ3) is 8.22. The zero-order valence-electron chi connectivity index (χ0n) is 24.4. The highest BCUT2D eigenvalue weighted by Crippen LogP contribution is 2.35. The zero-order valence-corrected chi connectivity index (χ0v) is 24.4. The third-order valence-electron chi connectivity index (χ3n) is 7.66. The average molecular weight is 597 g/mol. The fraction of sp³-hybridized carbons (Fsp3) is 0.621. The number of carbonyl (C=O) groups is 5. The number of hydrogen-bond acceptors (Lipinski definition) is 6. The molecule has 1 aliphatic carbocycles. The maximum Gasteiger partial charge on any atom is 0.408 e. The number of alkyl carbamates (subject to hydrolysis) is 1. The molecule has 10 nitrogen and oxygen atoms in total. The summed E-state index contributed by atoms with van der Waals surface area (Å²) in [6, 6.07) is 3.02. The van der Waals surface area contributed by atoms with E-state index in [1.54, 1.807) is 20.8 Å². The number of hydrogen-bond donors (Lipinski definition) is 3. The summed E-state index contributed by atoms with van der Waals surface area (Å²) in [5.74, 6) is -5.81. The Bertz CT molecular complexity index is 1190. The number of Topliss-reactive ketones (excluding diaryl/α,β-unsaturated/α-hetero) is 1. The minimum atomic E-state index is -4.88. The van der Waals surface area contributed by atoms with Gasteiger partial charge in [0.15, 0.2) is 0 Å². The van der Waals surface area contributed by atoms with Gasteiger partial charge in [-0.25, -0.2) is 4.79 Å². The molecule has 0 aromatic heterocycles. The molecule has 0 saturated carbocycles. The summed E-state index contributed by atoms with van der Waals surface area (Å²) in [5, 5.41) is 4.73. The first-order chi connectivity index (χ1) is 19.4. The molecule has 232 valence electrons. The second kappa shape index (κ2) is 12.7. The van der Waals surface area contributed by atoms with Crippen LogP contribution in [0.4, 0.5) is 18.0 Å². The van der Waals surface area contributed by atoms with Crippen molar-refractivity contribution in [3.05, 3.63) is 35.4 Å². The Labute approximate surface area is 242 Å². The number of benzene rings is 1. The van der Waals surface area contributed by atoms with Gasteiger partial charge in [0.2, 0.25) is 17.6 Å². The zero-order chi connectivity index (χ0) is 31.6. The van der Waals surface area contributed by atoms with E-state index in [4.69, 9.17) is 10.5 Å². The first-order valence-corrected chi connectivity index (χ1v) is 14.0. The Morgan fingerprint density at radius 1 is 1.02 bits per heavy atom. The van der Waals surface area contributed by atoms with E-state index in [-0.39, 0.29) is 18.4 Å². The van der Waals surface area contributed by atoms with Gasteiger partial charge >= 0.3 is 12.3 Å². The molecule has 1 aromatic carbocycles. The van der Waals surface area contributed by atoms with Crippen LogP contribution >= 0.6 is 0 Å². The largest absolute Gasteiger partial charge is 0.444 e. The lowest BCUT2D eigenvalue weighted by atomic mass is 9.87. The lowest BCUT2D eigenvalue weighted by Crippen LogP contribution is -2.59. The van der Waals surface area contributed by atoms with Crippen molar-refractivity contribution in [1.29, 1.82) is 0 Å². The number of primary amides is 1. The highest BCUT2D eigenvalue weighted by atomic mass is 19.4. The Morgan fingerprint density at radius 3 is 2.07 bits per heavy atom. The summed E-state index contributed by atoms with van der Waals surface area (Å²) in [5.41, 5.74) is 6.13. The van der Waals surface area contributed by atoms with Crippen LogP contribution in [0.1, 0.15) is 58.6 Å². The van der Waals surface area contributed by atoms with Crippen LogP contribution in [0, 0.1) is 17.8 Å². The lowest BCUT2D eigenvalue weighted by Gasteiger charge is -2.34. The highest BCUT2D eigenvalue weighted by Gasteiger charge is 2.48. The maximum atomic E-state index is 14.2. The van der Waals surface area contributed by atoms with Gasteiger partial charge in [-0.2, -0.15) is 13.2 Å². The van der Waals surface area contributed by atoms with Gasteiger partial charge in [-0.1, -0.05) is 38.1 Å². The molecule has 0 radical (unpaired) electrons. The number of halogens is 3. The monoisotopic (exact) mass is 596 g/mol. The molecule has 2 aliphatic rings. The van der Waals surface area contributed by atoms with Crippen molar-refractivity contribution < 1.29 is 41.9 Å². The number of likely N-dealkylation sites (tertiary alicyclic amines) is 1. The maximum absolute atomic E-state index is 14.2. The number of amides is 4. The van der Waals surface area contributed by atoms with Crippen LogP contribution in [0.25, 0.3) is 0 Å². The molecule has 4 amide bonds. The number of carbonyl (C=O) groups excluding carboxylic acids is 5. The van der Waals surface area contributed by atoms with Crippen LogP contribution in [-0.4, -0.2) is 70.9 Å². The molecule has 0 bridgehead atoms. The number of nitrogens with zero attached hydrogens (tertiary/aromatic N) is 1. The molecule has 1 aliphatic heterocycles. The number of nitrogens with two attached hydrogens (primary N) is 1. The molecular weight excluding hydrogens is 557 g/mol. The first-order valence-electron chi connectivity index (χ1n) is 14.0. The summed E-state index contributed by atoms with van der Waals surface area (Å²) < 4.78 is 45.1. The van der Waals surface area contributed by atoms with Crippen molar-refractivity contribution in [2.75, 3.05) is 6.54 Å². The highest BCUT2D eigenvalue weighted by molar-refractivity contribution is 6.37. The Kier molecular flexibility index (Phi) is 9.94. The van der Waals surface area contributed by atoms with Gasteiger partial charge in [-0.3, -0.25) is 19.2 Å². The number of fused-ring (bicyclic) bond motifs is 1. The van der Waals surface area contributed by atoms with Crippen LogP contribution in [0.3, 0.4) is 0 Å². The van der Waals surface area contributed by atoms with E-state index in [2.05, 4.69) is 5.32 Å². The van der Waals surface area contributed by atoms with E-state index in [0.717, 1.165) is 11.1 Å². The standard InChI is InChI=1S/C29H39F3N4O6/c1-15(2)19-10-11-36(22(19)25(39)34-20(14-29(30,31)32)23(37)24(33)38)26(40)21(35-27(41)42-28(3,4)5)18-12-16-8-6-7-9-17(16)13-18/h6-9,15,18-22H,10-14H2,1-5H3,(H2,33,38)(H,34,39)(H,35,41)/t19-,20?,21+,22+/m1/s1. The van der Waals surface area contributed by atoms with Crippen molar-refractivity contribution in [2.45, 2.75) is 90.2 Å². The lowest BCUT2D eigenvalue weighted by molar-refractivity contribution is -0.154. The Balaban J connectivity index is 1.93. The molecule has 0 spiro atoms. The van der Waals surface area contributed by atoms with Crippen molar-refractivity contribution >= 4 is 29.6 Å². The van der Waals surface area contributed by atoms with Gasteiger partial charge in [0, 0.05) is 6.54 Å². The molecule has 42 heavy (non-hydrogen) atoms. The van der Waals surface area contributed by atoms with E-state index in [0.29, 0.717) is 19.3 Å². The molecule has 1 aromatic rings. The topological polar surface area (TPSA) is 148 Å². The summed E-state index contributed by atoms with van der Waals surface area (Å²) in [6.07, 6.45) is -6.19. The molecular formula is C29H39F3N4O6. The van der Waals surface area contributed by atoms with Crippen LogP contribution < -0.4 is 16.4 Å². The molecule has 1 fully saturated rings. The van der Waals surface area contributed by atoms with Gasteiger partial charge in [-0.15, -0.1) is 0 Å². The minimum Gasteiger partial charge on any atom is -0.444 e. The van der Waals surface area contributed by atoms with E-state index in [9.17, 15) is 37.1 Å². The molecule has 1 unspecified atom stereocenters. The van der Waals surface area contributed by atoms with E-state index < -0.39 is 71.8 Å². The van der Waals surface area contributed by atoms with Gasteiger partial charge in [0.05, 0.1) is 6.42 Å². The second-order valence-electron chi connectivity index (χ2n) is 12.3. The normalized spacial score (nSPS) is 20.5. The Morgan fingerprint density at radius 2 is 1.60 bits per heavy atom. The van der Waals surface area contributed by atoms with Crippen molar-refractivity contribution in [3.63, 3.8) is 0 Å². The fourth-order valence-electron chi connectivity index (χ4n) is 5.79. The van der Waals surface area contributed by atoms with Gasteiger partial charge in [-0.05, 0) is 68.9 Å². The van der Waals surface area contributed by atoms with Crippen LogP contribution in [-0.2, 0) is 36.8 Å².